The average molecular weight is 268 g/mol. The number of piperazine rings is 1. The van der Waals surface area contributed by atoms with Gasteiger partial charge in [-0.2, -0.15) is 0 Å². The van der Waals surface area contributed by atoms with Crippen LogP contribution < -0.4 is 5.32 Å². The Kier molecular flexibility index (Phi) is 6.32. The van der Waals surface area contributed by atoms with E-state index >= 15 is 0 Å². The summed E-state index contributed by atoms with van der Waals surface area (Å²) < 4.78 is 0. The Balaban J connectivity index is 2.60. The van der Waals surface area contributed by atoms with Crippen molar-refractivity contribution in [2.24, 2.45) is 17.3 Å². The molecule has 0 bridgehead atoms. The predicted molar refractivity (Wildman–Crippen MR) is 85.5 cm³/mol. The molecule has 1 aliphatic rings. The summed E-state index contributed by atoms with van der Waals surface area (Å²) in [5.41, 5.74) is 0.445. The summed E-state index contributed by atoms with van der Waals surface area (Å²) in [5, 5.41) is 3.76. The monoisotopic (exact) mass is 268 g/mol. The summed E-state index contributed by atoms with van der Waals surface area (Å²) in [6.45, 7) is 20.1. The molecule has 0 aromatic rings. The zero-order chi connectivity index (χ0) is 14.6. The zero-order valence-electron chi connectivity index (χ0n) is 14.3. The molecule has 0 aromatic heterocycles. The average Bonchev–Trinajstić information content (AvgIpc) is 2.25. The Morgan fingerprint density at radius 1 is 1.16 bits per heavy atom. The van der Waals surface area contributed by atoms with Crippen LogP contribution in [0.25, 0.3) is 0 Å². The van der Waals surface area contributed by atoms with Crippen molar-refractivity contribution in [3.05, 3.63) is 0 Å². The molecule has 2 atom stereocenters. The number of nitrogens with zero attached hydrogens (tertiary/aromatic N) is 1. The second-order valence-corrected chi connectivity index (χ2v) is 8.35. The van der Waals surface area contributed by atoms with Gasteiger partial charge in [0.05, 0.1) is 0 Å². The molecule has 0 saturated carbocycles. The number of hydrogen-bond donors (Lipinski definition) is 1. The SMILES string of the molecule is CC(C)CC1CNC(C(C)C)CN1CCC(C)(C)C. The van der Waals surface area contributed by atoms with Crippen LogP contribution in [0, 0.1) is 17.3 Å². The first-order valence-corrected chi connectivity index (χ1v) is 8.16. The molecule has 2 heteroatoms. The first-order valence-electron chi connectivity index (χ1n) is 8.16. The van der Waals surface area contributed by atoms with Gasteiger partial charge in [0, 0.05) is 25.2 Å². The smallest absolute Gasteiger partial charge is 0.0223 e. The molecule has 19 heavy (non-hydrogen) atoms. The molecule has 0 spiro atoms. The van der Waals surface area contributed by atoms with Crippen LogP contribution in [0.4, 0.5) is 0 Å². The molecule has 1 rings (SSSR count). The molecule has 114 valence electrons. The van der Waals surface area contributed by atoms with Crippen molar-refractivity contribution in [3.8, 4) is 0 Å². The van der Waals surface area contributed by atoms with Gasteiger partial charge in [0.15, 0.2) is 0 Å². The van der Waals surface area contributed by atoms with Gasteiger partial charge in [-0.05, 0) is 36.6 Å². The van der Waals surface area contributed by atoms with Crippen LogP contribution in [0.3, 0.4) is 0 Å². The van der Waals surface area contributed by atoms with Gasteiger partial charge < -0.3 is 5.32 Å². The van der Waals surface area contributed by atoms with Crippen LogP contribution in [0.1, 0.15) is 61.3 Å². The summed E-state index contributed by atoms with van der Waals surface area (Å²) in [4.78, 5) is 2.76. The molecular weight excluding hydrogens is 232 g/mol. The standard InChI is InChI=1S/C17H36N2/c1-13(2)10-15-11-18-16(14(3)4)12-19(15)9-8-17(5,6)7/h13-16,18H,8-12H2,1-7H3. The van der Waals surface area contributed by atoms with Gasteiger partial charge in [-0.3, -0.25) is 4.90 Å². The van der Waals surface area contributed by atoms with Gasteiger partial charge in [-0.1, -0.05) is 48.5 Å². The largest absolute Gasteiger partial charge is 0.311 e. The Bertz CT molecular complexity index is 252. The Morgan fingerprint density at radius 3 is 2.26 bits per heavy atom. The summed E-state index contributed by atoms with van der Waals surface area (Å²) in [6, 6.07) is 1.40. The Labute approximate surface area is 121 Å². The Hall–Kier alpha value is -0.0800. The lowest BCUT2D eigenvalue weighted by molar-refractivity contribution is 0.0877. The van der Waals surface area contributed by atoms with Crippen LogP contribution in [0.15, 0.2) is 0 Å². The quantitative estimate of drug-likeness (QED) is 0.816. The number of hydrogen-bond acceptors (Lipinski definition) is 2. The van der Waals surface area contributed by atoms with E-state index in [2.05, 4.69) is 58.7 Å². The molecular formula is C17H36N2. The fourth-order valence-electron chi connectivity index (χ4n) is 2.86. The summed E-state index contributed by atoms with van der Waals surface area (Å²) in [7, 11) is 0. The molecule has 1 heterocycles. The fraction of sp³-hybridized carbons (Fsp3) is 1.00. The highest BCUT2D eigenvalue weighted by atomic mass is 15.2. The van der Waals surface area contributed by atoms with Crippen LogP contribution in [-0.4, -0.2) is 36.6 Å². The van der Waals surface area contributed by atoms with Crippen molar-refractivity contribution in [3.63, 3.8) is 0 Å². The summed E-state index contributed by atoms with van der Waals surface area (Å²) in [6.07, 6.45) is 2.62. The van der Waals surface area contributed by atoms with Crippen LogP contribution in [0.2, 0.25) is 0 Å². The highest BCUT2D eigenvalue weighted by Gasteiger charge is 2.30. The van der Waals surface area contributed by atoms with Gasteiger partial charge >= 0.3 is 0 Å². The van der Waals surface area contributed by atoms with Crippen molar-refractivity contribution in [1.82, 2.24) is 10.2 Å². The van der Waals surface area contributed by atoms with E-state index in [1.165, 1.54) is 32.5 Å². The molecule has 1 N–H and O–H groups in total. The molecule has 0 amide bonds. The van der Waals surface area contributed by atoms with Gasteiger partial charge in [-0.25, -0.2) is 0 Å². The number of nitrogens with one attached hydrogen (secondary N) is 1. The minimum absolute atomic E-state index is 0.445. The van der Waals surface area contributed by atoms with Gasteiger partial charge in [-0.15, -0.1) is 0 Å². The van der Waals surface area contributed by atoms with Crippen molar-refractivity contribution < 1.29 is 0 Å². The molecule has 1 aliphatic heterocycles. The van der Waals surface area contributed by atoms with E-state index in [4.69, 9.17) is 0 Å². The van der Waals surface area contributed by atoms with Gasteiger partial charge in [0.2, 0.25) is 0 Å². The van der Waals surface area contributed by atoms with Gasteiger partial charge in [0.1, 0.15) is 0 Å². The maximum absolute atomic E-state index is 3.76. The second kappa shape index (κ2) is 7.08. The van der Waals surface area contributed by atoms with Crippen molar-refractivity contribution >= 4 is 0 Å². The predicted octanol–water partition coefficient (Wildman–Crippen LogP) is 3.77. The normalized spacial score (nSPS) is 26.4. The van der Waals surface area contributed by atoms with Crippen LogP contribution in [-0.2, 0) is 0 Å². The number of rotatable bonds is 5. The van der Waals surface area contributed by atoms with Gasteiger partial charge in [0.25, 0.3) is 0 Å². The molecule has 0 aliphatic carbocycles. The molecule has 1 fully saturated rings. The van der Waals surface area contributed by atoms with Crippen molar-refractivity contribution in [2.75, 3.05) is 19.6 Å². The lowest BCUT2D eigenvalue weighted by Crippen LogP contribution is -2.58. The molecule has 0 radical (unpaired) electrons. The van der Waals surface area contributed by atoms with Crippen LogP contribution >= 0.6 is 0 Å². The third-order valence-corrected chi connectivity index (χ3v) is 4.26. The van der Waals surface area contributed by atoms with E-state index in [9.17, 15) is 0 Å². The first-order chi connectivity index (χ1) is 8.69. The maximum Gasteiger partial charge on any atom is 0.0223 e. The van der Waals surface area contributed by atoms with E-state index in [1.54, 1.807) is 0 Å². The highest BCUT2D eigenvalue weighted by Crippen LogP contribution is 2.23. The first kappa shape index (κ1) is 17.0. The molecule has 0 aromatic carbocycles. The second-order valence-electron chi connectivity index (χ2n) is 8.35. The van der Waals surface area contributed by atoms with E-state index in [1.807, 2.05) is 0 Å². The summed E-state index contributed by atoms with van der Waals surface area (Å²) >= 11 is 0. The van der Waals surface area contributed by atoms with E-state index in [0.29, 0.717) is 11.5 Å². The van der Waals surface area contributed by atoms with E-state index < -0.39 is 0 Å². The third-order valence-electron chi connectivity index (χ3n) is 4.26. The third kappa shape index (κ3) is 6.27. The lowest BCUT2D eigenvalue weighted by atomic mass is 9.90. The van der Waals surface area contributed by atoms with Crippen LogP contribution in [0.5, 0.6) is 0 Å². The maximum atomic E-state index is 3.76. The molecule has 2 unspecified atom stereocenters. The fourth-order valence-corrected chi connectivity index (χ4v) is 2.86. The molecule has 1 saturated heterocycles. The highest BCUT2D eigenvalue weighted by molar-refractivity contribution is 4.88. The Morgan fingerprint density at radius 2 is 1.79 bits per heavy atom. The van der Waals surface area contributed by atoms with Crippen molar-refractivity contribution in [2.45, 2.75) is 73.4 Å². The molecule has 2 nitrogen and oxygen atoms in total. The van der Waals surface area contributed by atoms with E-state index in [0.717, 1.165) is 17.9 Å². The minimum atomic E-state index is 0.445. The van der Waals surface area contributed by atoms with Crippen molar-refractivity contribution in [1.29, 1.82) is 0 Å². The van der Waals surface area contributed by atoms with E-state index in [-0.39, 0.29) is 0 Å². The summed E-state index contributed by atoms with van der Waals surface area (Å²) in [5.74, 6) is 1.52. The lowest BCUT2D eigenvalue weighted by Gasteiger charge is -2.43. The topological polar surface area (TPSA) is 15.3 Å². The zero-order valence-corrected chi connectivity index (χ0v) is 14.3. The minimum Gasteiger partial charge on any atom is -0.311 e.